The molecule has 2 aromatic carbocycles. The number of hydrogen-bond acceptors (Lipinski definition) is 7. The van der Waals surface area contributed by atoms with E-state index in [9.17, 15) is 9.59 Å². The molecule has 2 aromatic heterocycles. The number of amides is 2. The minimum Gasteiger partial charge on any atom is -0.267 e. The molecule has 4 aromatic rings. The largest absolute Gasteiger partial charge is 0.272 e. The van der Waals surface area contributed by atoms with Gasteiger partial charge in [0.1, 0.15) is 0 Å². The van der Waals surface area contributed by atoms with Gasteiger partial charge in [-0.2, -0.15) is 0 Å². The number of hydrazine groups is 1. The summed E-state index contributed by atoms with van der Waals surface area (Å²) < 4.78 is 0. The van der Waals surface area contributed by atoms with E-state index in [4.69, 9.17) is 0 Å². The SMILES string of the molecule is Cc1cc(C)nc(SCc2ccc(C(=O)NNC(=O)c3cnc(-c4ccccc4)nc3)cc2)n1. The average molecular weight is 471 g/mol. The van der Waals surface area contributed by atoms with Gasteiger partial charge in [0.05, 0.1) is 5.56 Å². The molecule has 9 heteroatoms. The Kier molecular flexibility index (Phi) is 7.24. The first-order valence-electron chi connectivity index (χ1n) is 10.5. The number of nitrogens with zero attached hydrogens (tertiary/aromatic N) is 4. The summed E-state index contributed by atoms with van der Waals surface area (Å²) >= 11 is 1.54. The maximum Gasteiger partial charge on any atom is 0.272 e. The normalized spacial score (nSPS) is 10.5. The van der Waals surface area contributed by atoms with E-state index in [-0.39, 0.29) is 5.56 Å². The molecule has 8 nitrogen and oxygen atoms in total. The Morgan fingerprint density at radius 3 is 2.00 bits per heavy atom. The third kappa shape index (κ3) is 6.02. The predicted molar refractivity (Wildman–Crippen MR) is 130 cm³/mol. The van der Waals surface area contributed by atoms with Crippen molar-refractivity contribution in [2.75, 3.05) is 0 Å². The van der Waals surface area contributed by atoms with Crippen molar-refractivity contribution in [1.82, 2.24) is 30.8 Å². The molecule has 4 rings (SSSR count). The predicted octanol–water partition coefficient (Wildman–Crippen LogP) is 3.92. The second-order valence-electron chi connectivity index (χ2n) is 7.49. The van der Waals surface area contributed by atoms with E-state index in [1.165, 1.54) is 24.2 Å². The Balaban J connectivity index is 1.29. The summed E-state index contributed by atoms with van der Waals surface area (Å²) in [6, 6.07) is 18.5. The highest BCUT2D eigenvalue weighted by molar-refractivity contribution is 7.98. The second-order valence-corrected chi connectivity index (χ2v) is 8.43. The molecule has 2 heterocycles. The first-order valence-corrected chi connectivity index (χ1v) is 11.5. The van der Waals surface area contributed by atoms with E-state index in [1.54, 1.807) is 12.1 Å². The Labute approximate surface area is 201 Å². The Morgan fingerprint density at radius 1 is 0.794 bits per heavy atom. The molecule has 0 aliphatic heterocycles. The van der Waals surface area contributed by atoms with Crippen LogP contribution < -0.4 is 10.9 Å². The minimum absolute atomic E-state index is 0.237. The van der Waals surface area contributed by atoms with Crippen molar-refractivity contribution in [3.63, 3.8) is 0 Å². The topological polar surface area (TPSA) is 110 Å². The molecule has 2 amide bonds. The van der Waals surface area contributed by atoms with Crippen molar-refractivity contribution in [2.45, 2.75) is 24.8 Å². The van der Waals surface area contributed by atoms with Crippen LogP contribution in [0.1, 0.15) is 37.7 Å². The lowest BCUT2D eigenvalue weighted by molar-refractivity contribution is 0.0846. The smallest absolute Gasteiger partial charge is 0.267 e. The van der Waals surface area contributed by atoms with Crippen LogP contribution in [0, 0.1) is 13.8 Å². The molecular weight excluding hydrogens is 448 g/mol. The molecule has 0 aliphatic rings. The van der Waals surface area contributed by atoms with Crippen LogP contribution in [0.2, 0.25) is 0 Å². The summed E-state index contributed by atoms with van der Waals surface area (Å²) in [5.41, 5.74) is 9.21. The fourth-order valence-corrected chi connectivity index (χ4v) is 4.00. The molecule has 170 valence electrons. The van der Waals surface area contributed by atoms with Crippen LogP contribution in [0.5, 0.6) is 0 Å². The Bertz CT molecular complexity index is 1280. The molecule has 0 fully saturated rings. The van der Waals surface area contributed by atoms with Crippen LogP contribution in [0.3, 0.4) is 0 Å². The number of carbonyl (C=O) groups excluding carboxylic acids is 2. The molecule has 0 bridgehead atoms. The number of carbonyl (C=O) groups is 2. The number of nitrogens with one attached hydrogen (secondary N) is 2. The molecule has 0 atom stereocenters. The van der Waals surface area contributed by atoms with Gasteiger partial charge in [-0.25, -0.2) is 19.9 Å². The van der Waals surface area contributed by atoms with Gasteiger partial charge in [0.15, 0.2) is 11.0 Å². The van der Waals surface area contributed by atoms with Crippen LogP contribution in [0.15, 0.2) is 78.2 Å². The number of benzene rings is 2. The van der Waals surface area contributed by atoms with Crippen molar-refractivity contribution in [3.05, 3.63) is 101 Å². The number of thioether (sulfide) groups is 1. The van der Waals surface area contributed by atoms with E-state index in [0.717, 1.165) is 27.7 Å². The van der Waals surface area contributed by atoms with Crippen molar-refractivity contribution in [1.29, 1.82) is 0 Å². The van der Waals surface area contributed by atoms with Gasteiger partial charge in [-0.3, -0.25) is 20.4 Å². The first kappa shape index (κ1) is 23.1. The number of rotatable bonds is 6. The van der Waals surface area contributed by atoms with Crippen molar-refractivity contribution in [2.24, 2.45) is 0 Å². The van der Waals surface area contributed by atoms with Gasteiger partial charge in [-0.1, -0.05) is 54.2 Å². The maximum absolute atomic E-state index is 12.4. The van der Waals surface area contributed by atoms with E-state index < -0.39 is 11.8 Å². The first-order chi connectivity index (χ1) is 16.5. The molecule has 0 saturated carbocycles. The average Bonchev–Trinajstić information content (AvgIpc) is 2.86. The fraction of sp³-hybridized carbons (Fsp3) is 0.120. The molecule has 0 radical (unpaired) electrons. The zero-order valence-corrected chi connectivity index (χ0v) is 19.5. The summed E-state index contributed by atoms with van der Waals surface area (Å²) in [5, 5.41) is 0.725. The number of aryl methyl sites for hydroxylation is 2. The third-order valence-corrected chi connectivity index (χ3v) is 5.70. The summed E-state index contributed by atoms with van der Waals surface area (Å²) in [6.07, 6.45) is 2.84. The van der Waals surface area contributed by atoms with E-state index >= 15 is 0 Å². The lowest BCUT2D eigenvalue weighted by atomic mass is 10.1. The van der Waals surface area contributed by atoms with Gasteiger partial charge in [0, 0.05) is 40.7 Å². The van der Waals surface area contributed by atoms with Crippen LogP contribution >= 0.6 is 11.8 Å². The van der Waals surface area contributed by atoms with E-state index in [1.807, 2.05) is 62.4 Å². The molecule has 0 saturated heterocycles. The molecule has 2 N–H and O–H groups in total. The highest BCUT2D eigenvalue weighted by Crippen LogP contribution is 2.20. The molecule has 0 aliphatic carbocycles. The molecule has 0 unspecified atom stereocenters. The quantitative estimate of drug-likeness (QED) is 0.250. The highest BCUT2D eigenvalue weighted by Gasteiger charge is 2.11. The van der Waals surface area contributed by atoms with E-state index in [0.29, 0.717) is 17.1 Å². The van der Waals surface area contributed by atoms with Gasteiger partial charge in [0.25, 0.3) is 11.8 Å². The van der Waals surface area contributed by atoms with Gasteiger partial charge in [-0.15, -0.1) is 0 Å². The van der Waals surface area contributed by atoms with Crippen molar-refractivity contribution >= 4 is 23.6 Å². The summed E-state index contributed by atoms with van der Waals surface area (Å²) in [6.45, 7) is 3.88. The van der Waals surface area contributed by atoms with Gasteiger partial charge in [-0.05, 0) is 37.6 Å². The lowest BCUT2D eigenvalue weighted by Gasteiger charge is -2.08. The maximum atomic E-state index is 12.4. The number of hydrogen-bond donors (Lipinski definition) is 2. The van der Waals surface area contributed by atoms with Gasteiger partial charge in [0.2, 0.25) is 0 Å². The summed E-state index contributed by atoms with van der Waals surface area (Å²) in [5.74, 6) is 0.269. The zero-order valence-electron chi connectivity index (χ0n) is 18.6. The molecule has 34 heavy (non-hydrogen) atoms. The van der Waals surface area contributed by atoms with Crippen LogP contribution in [-0.2, 0) is 5.75 Å². The van der Waals surface area contributed by atoms with Crippen molar-refractivity contribution in [3.8, 4) is 11.4 Å². The Hall–Kier alpha value is -4.11. The molecule has 0 spiro atoms. The van der Waals surface area contributed by atoms with Crippen LogP contribution in [-0.4, -0.2) is 31.8 Å². The van der Waals surface area contributed by atoms with Crippen molar-refractivity contribution < 1.29 is 9.59 Å². The zero-order chi connectivity index (χ0) is 23.9. The van der Waals surface area contributed by atoms with Gasteiger partial charge < -0.3 is 0 Å². The standard InChI is InChI=1S/C25H22N6O2S/c1-16-12-17(2)29-25(28-16)34-15-18-8-10-20(11-9-18)23(32)30-31-24(33)21-13-26-22(27-14-21)19-6-4-3-5-7-19/h3-14H,15H2,1-2H3,(H,30,32)(H,31,33). The van der Waals surface area contributed by atoms with Gasteiger partial charge >= 0.3 is 0 Å². The highest BCUT2D eigenvalue weighted by atomic mass is 32.2. The minimum atomic E-state index is -0.505. The van der Waals surface area contributed by atoms with Crippen LogP contribution in [0.25, 0.3) is 11.4 Å². The fourth-order valence-electron chi connectivity index (χ4n) is 3.10. The Morgan fingerprint density at radius 2 is 1.38 bits per heavy atom. The third-order valence-electron chi connectivity index (χ3n) is 4.78. The molecular formula is C25H22N6O2S. The lowest BCUT2D eigenvalue weighted by Crippen LogP contribution is -2.41. The monoisotopic (exact) mass is 470 g/mol. The second kappa shape index (κ2) is 10.7. The van der Waals surface area contributed by atoms with Crippen LogP contribution in [0.4, 0.5) is 0 Å². The number of aromatic nitrogens is 4. The summed E-state index contributed by atoms with van der Waals surface area (Å²) in [4.78, 5) is 42.0. The summed E-state index contributed by atoms with van der Waals surface area (Å²) in [7, 11) is 0. The van der Waals surface area contributed by atoms with E-state index in [2.05, 4.69) is 30.8 Å².